The van der Waals surface area contributed by atoms with Crippen LogP contribution in [-0.4, -0.2) is 41.7 Å². The Morgan fingerprint density at radius 2 is 2.03 bits per heavy atom. The van der Waals surface area contributed by atoms with Gasteiger partial charge in [-0.15, -0.1) is 0 Å². The maximum Gasteiger partial charge on any atom is 0.123 e. The molecule has 0 bridgehead atoms. The molecule has 0 radical (unpaired) electrons. The standard InChI is InChI=1S/C23H24FN3O2/c1-16-6-7-18(20(12-16)28-2)14-27-10-11-29-21(15-27)23-22(25-8-9-26-23)17-4-3-5-19(24)13-17/h3-9,12-13,21H,10-11,14-15H2,1-2H3. The zero-order chi connectivity index (χ0) is 20.2. The van der Waals surface area contributed by atoms with Crippen molar-refractivity contribution in [2.24, 2.45) is 0 Å². The summed E-state index contributed by atoms with van der Waals surface area (Å²) in [6.07, 6.45) is 3.05. The molecule has 1 aliphatic heterocycles. The Morgan fingerprint density at radius 3 is 2.86 bits per heavy atom. The van der Waals surface area contributed by atoms with Gasteiger partial charge in [-0.25, -0.2) is 4.39 Å². The first kappa shape index (κ1) is 19.5. The zero-order valence-electron chi connectivity index (χ0n) is 16.6. The molecule has 0 N–H and O–H groups in total. The van der Waals surface area contributed by atoms with E-state index >= 15 is 0 Å². The molecule has 2 aromatic carbocycles. The van der Waals surface area contributed by atoms with Gasteiger partial charge in [-0.1, -0.05) is 24.3 Å². The molecule has 1 atom stereocenters. The predicted octanol–water partition coefficient (Wildman–Crippen LogP) is 4.17. The van der Waals surface area contributed by atoms with Crippen molar-refractivity contribution in [3.05, 3.63) is 77.5 Å². The number of hydrogen-bond donors (Lipinski definition) is 0. The molecule has 1 aromatic heterocycles. The van der Waals surface area contributed by atoms with Crippen molar-refractivity contribution < 1.29 is 13.9 Å². The third-order valence-corrected chi connectivity index (χ3v) is 5.12. The number of benzene rings is 2. The zero-order valence-corrected chi connectivity index (χ0v) is 16.6. The van der Waals surface area contributed by atoms with E-state index in [4.69, 9.17) is 9.47 Å². The van der Waals surface area contributed by atoms with Gasteiger partial charge in [0.05, 0.1) is 25.1 Å². The molecule has 1 saturated heterocycles. The van der Waals surface area contributed by atoms with E-state index in [1.807, 2.05) is 6.07 Å². The van der Waals surface area contributed by atoms with E-state index in [1.165, 1.54) is 17.7 Å². The molecule has 6 heteroatoms. The van der Waals surface area contributed by atoms with Crippen LogP contribution in [0.1, 0.15) is 22.9 Å². The second kappa shape index (κ2) is 8.68. The molecule has 1 fully saturated rings. The Kier molecular flexibility index (Phi) is 5.83. The predicted molar refractivity (Wildman–Crippen MR) is 109 cm³/mol. The average Bonchev–Trinajstić information content (AvgIpc) is 2.75. The third-order valence-electron chi connectivity index (χ3n) is 5.12. The quantitative estimate of drug-likeness (QED) is 0.651. The Morgan fingerprint density at radius 1 is 1.17 bits per heavy atom. The van der Waals surface area contributed by atoms with E-state index in [2.05, 4.69) is 40.0 Å². The minimum absolute atomic E-state index is 0.229. The minimum atomic E-state index is -0.295. The number of halogens is 1. The summed E-state index contributed by atoms with van der Waals surface area (Å²) in [5, 5.41) is 0. The summed E-state index contributed by atoms with van der Waals surface area (Å²) in [5.41, 5.74) is 4.41. The molecule has 150 valence electrons. The second-order valence-electron chi connectivity index (χ2n) is 7.21. The summed E-state index contributed by atoms with van der Waals surface area (Å²) in [6.45, 7) is 4.91. The molecule has 3 aromatic rings. The Bertz CT molecular complexity index is 995. The van der Waals surface area contributed by atoms with Gasteiger partial charge >= 0.3 is 0 Å². The summed E-state index contributed by atoms with van der Waals surface area (Å²) in [4.78, 5) is 11.3. The second-order valence-corrected chi connectivity index (χ2v) is 7.21. The molecule has 0 saturated carbocycles. The fourth-order valence-corrected chi connectivity index (χ4v) is 3.68. The first-order valence-corrected chi connectivity index (χ1v) is 9.68. The number of rotatable bonds is 5. The summed E-state index contributed by atoms with van der Waals surface area (Å²) in [7, 11) is 1.70. The van der Waals surface area contributed by atoms with E-state index < -0.39 is 0 Å². The van der Waals surface area contributed by atoms with Gasteiger partial charge in [-0.3, -0.25) is 14.9 Å². The molecule has 29 heavy (non-hydrogen) atoms. The van der Waals surface area contributed by atoms with Crippen LogP contribution in [0.5, 0.6) is 5.75 Å². The highest BCUT2D eigenvalue weighted by Gasteiger charge is 2.27. The van der Waals surface area contributed by atoms with Crippen LogP contribution < -0.4 is 4.74 Å². The van der Waals surface area contributed by atoms with Crippen LogP contribution in [0, 0.1) is 12.7 Å². The van der Waals surface area contributed by atoms with E-state index in [0.717, 1.165) is 30.1 Å². The van der Waals surface area contributed by atoms with Crippen molar-refractivity contribution in [2.45, 2.75) is 19.6 Å². The molecule has 4 rings (SSSR count). The normalized spacial score (nSPS) is 17.3. The average molecular weight is 393 g/mol. The van der Waals surface area contributed by atoms with Crippen LogP contribution in [0.2, 0.25) is 0 Å². The molecule has 1 aliphatic rings. The van der Waals surface area contributed by atoms with Gasteiger partial charge in [0.25, 0.3) is 0 Å². The molecular formula is C23H24FN3O2. The lowest BCUT2D eigenvalue weighted by Crippen LogP contribution is -2.38. The van der Waals surface area contributed by atoms with Crippen molar-refractivity contribution in [3.63, 3.8) is 0 Å². The first-order valence-electron chi connectivity index (χ1n) is 9.68. The van der Waals surface area contributed by atoms with Gasteiger partial charge in [0.1, 0.15) is 17.7 Å². The van der Waals surface area contributed by atoms with Gasteiger partial charge in [0.15, 0.2) is 0 Å². The number of methoxy groups -OCH3 is 1. The highest BCUT2D eigenvalue weighted by molar-refractivity contribution is 5.61. The molecular weight excluding hydrogens is 369 g/mol. The monoisotopic (exact) mass is 393 g/mol. The van der Waals surface area contributed by atoms with Crippen molar-refractivity contribution >= 4 is 0 Å². The number of hydrogen-bond acceptors (Lipinski definition) is 5. The first-order chi connectivity index (χ1) is 14.1. The smallest absolute Gasteiger partial charge is 0.123 e. The maximum atomic E-state index is 13.7. The van der Waals surface area contributed by atoms with Crippen molar-refractivity contribution in [1.82, 2.24) is 14.9 Å². The van der Waals surface area contributed by atoms with Crippen LogP contribution in [-0.2, 0) is 11.3 Å². The van der Waals surface area contributed by atoms with Gasteiger partial charge in [-0.2, -0.15) is 0 Å². The van der Waals surface area contributed by atoms with Crippen LogP contribution >= 0.6 is 0 Å². The SMILES string of the molecule is COc1cc(C)ccc1CN1CCOC(c2nccnc2-c2cccc(F)c2)C1. The van der Waals surface area contributed by atoms with E-state index in [9.17, 15) is 4.39 Å². The van der Waals surface area contributed by atoms with Crippen molar-refractivity contribution in [1.29, 1.82) is 0 Å². The number of ether oxygens (including phenoxy) is 2. The fraction of sp³-hybridized carbons (Fsp3) is 0.304. The summed E-state index contributed by atoms with van der Waals surface area (Å²) in [5.74, 6) is 0.602. The lowest BCUT2D eigenvalue weighted by molar-refractivity contribution is -0.0350. The number of aromatic nitrogens is 2. The van der Waals surface area contributed by atoms with Crippen LogP contribution in [0.3, 0.4) is 0 Å². The molecule has 0 spiro atoms. The maximum absolute atomic E-state index is 13.7. The summed E-state index contributed by atoms with van der Waals surface area (Å²) >= 11 is 0. The van der Waals surface area contributed by atoms with Gasteiger partial charge in [0.2, 0.25) is 0 Å². The molecule has 0 aliphatic carbocycles. The molecule has 5 nitrogen and oxygen atoms in total. The summed E-state index contributed by atoms with van der Waals surface area (Å²) in [6, 6.07) is 12.7. The highest BCUT2D eigenvalue weighted by Crippen LogP contribution is 2.30. The number of nitrogens with zero attached hydrogens (tertiary/aromatic N) is 3. The Labute approximate surface area is 170 Å². The highest BCUT2D eigenvalue weighted by atomic mass is 19.1. The largest absolute Gasteiger partial charge is 0.496 e. The molecule has 0 amide bonds. The lowest BCUT2D eigenvalue weighted by atomic mass is 10.0. The van der Waals surface area contributed by atoms with Gasteiger partial charge < -0.3 is 9.47 Å². The molecule has 1 unspecified atom stereocenters. The fourth-order valence-electron chi connectivity index (χ4n) is 3.68. The van der Waals surface area contributed by atoms with Crippen LogP contribution in [0.25, 0.3) is 11.3 Å². The Hall–Kier alpha value is -2.83. The lowest BCUT2D eigenvalue weighted by Gasteiger charge is -2.33. The van der Waals surface area contributed by atoms with E-state index in [0.29, 0.717) is 24.4 Å². The van der Waals surface area contributed by atoms with E-state index in [1.54, 1.807) is 25.6 Å². The van der Waals surface area contributed by atoms with E-state index in [-0.39, 0.29) is 11.9 Å². The van der Waals surface area contributed by atoms with Crippen molar-refractivity contribution in [3.8, 4) is 17.0 Å². The topological polar surface area (TPSA) is 47.5 Å². The van der Waals surface area contributed by atoms with Gasteiger partial charge in [-0.05, 0) is 30.7 Å². The number of aryl methyl sites for hydroxylation is 1. The van der Waals surface area contributed by atoms with Crippen LogP contribution in [0.4, 0.5) is 4.39 Å². The minimum Gasteiger partial charge on any atom is -0.496 e. The summed E-state index contributed by atoms with van der Waals surface area (Å²) < 4.78 is 25.3. The van der Waals surface area contributed by atoms with Gasteiger partial charge in [0, 0.05) is 43.2 Å². The van der Waals surface area contributed by atoms with Crippen molar-refractivity contribution in [2.75, 3.05) is 26.8 Å². The molecule has 2 heterocycles. The Balaban J connectivity index is 1.57. The number of morpholine rings is 1. The third kappa shape index (κ3) is 4.44. The van der Waals surface area contributed by atoms with Crippen LogP contribution in [0.15, 0.2) is 54.9 Å².